The molecule has 0 aliphatic heterocycles. The summed E-state index contributed by atoms with van der Waals surface area (Å²) in [5.74, 6) is 0.737. The van der Waals surface area contributed by atoms with Crippen LogP contribution in [0.4, 0.5) is 11.4 Å². The van der Waals surface area contributed by atoms with Gasteiger partial charge in [0.05, 0.1) is 0 Å². The van der Waals surface area contributed by atoms with Gasteiger partial charge in [0.25, 0.3) is 11.8 Å². The summed E-state index contributed by atoms with van der Waals surface area (Å²) in [6.07, 6.45) is 1.08. The number of carbonyl (C=O) groups is 2. The molecule has 0 spiro atoms. The van der Waals surface area contributed by atoms with E-state index in [1.54, 1.807) is 36.4 Å². The summed E-state index contributed by atoms with van der Waals surface area (Å²) in [6, 6.07) is 23.8. The Morgan fingerprint density at radius 2 is 1.43 bits per heavy atom. The third-order valence-electron chi connectivity index (χ3n) is 4.89. The topological polar surface area (TPSA) is 67.4 Å². The lowest BCUT2D eigenvalue weighted by Crippen LogP contribution is -2.20. The van der Waals surface area contributed by atoms with Crippen molar-refractivity contribution in [1.29, 1.82) is 0 Å². The first kappa shape index (κ1) is 21.1. The highest BCUT2D eigenvalue weighted by molar-refractivity contribution is 6.04. The van der Waals surface area contributed by atoms with E-state index in [0.29, 0.717) is 28.6 Å². The minimum Gasteiger partial charge on any atom is -0.484 e. The zero-order valence-corrected chi connectivity index (χ0v) is 17.2. The molecule has 1 atom stereocenters. The SMILES string of the molecule is CC[C@H](C)c1ccc(OCC(=O)Nc2ccc(NC(=O)c3ccccc3)cc2)cc1. The van der Waals surface area contributed by atoms with Gasteiger partial charge in [-0.05, 0) is 66.4 Å². The zero-order chi connectivity index (χ0) is 21.3. The molecule has 154 valence electrons. The van der Waals surface area contributed by atoms with Crippen molar-refractivity contribution >= 4 is 23.2 Å². The molecular formula is C25H26N2O3. The lowest BCUT2D eigenvalue weighted by atomic mass is 9.99. The van der Waals surface area contributed by atoms with E-state index >= 15 is 0 Å². The fourth-order valence-corrected chi connectivity index (χ4v) is 2.90. The second-order valence-electron chi connectivity index (χ2n) is 7.11. The number of benzene rings is 3. The van der Waals surface area contributed by atoms with Crippen LogP contribution in [0.5, 0.6) is 5.75 Å². The maximum Gasteiger partial charge on any atom is 0.262 e. The Labute approximate surface area is 177 Å². The Bertz CT molecular complexity index is 968. The number of carbonyl (C=O) groups excluding carboxylic acids is 2. The fourth-order valence-electron chi connectivity index (χ4n) is 2.90. The number of amides is 2. The molecule has 0 aliphatic carbocycles. The molecule has 2 N–H and O–H groups in total. The first-order chi connectivity index (χ1) is 14.5. The van der Waals surface area contributed by atoms with Crippen molar-refractivity contribution in [3.05, 3.63) is 90.0 Å². The lowest BCUT2D eigenvalue weighted by Gasteiger charge is -2.11. The van der Waals surface area contributed by atoms with Crippen LogP contribution >= 0.6 is 0 Å². The number of anilines is 2. The first-order valence-electron chi connectivity index (χ1n) is 10.0. The molecule has 0 saturated carbocycles. The van der Waals surface area contributed by atoms with Crippen LogP contribution in [0.25, 0.3) is 0 Å². The van der Waals surface area contributed by atoms with Crippen molar-refractivity contribution in [3.63, 3.8) is 0 Å². The smallest absolute Gasteiger partial charge is 0.262 e. The van der Waals surface area contributed by atoms with Crippen molar-refractivity contribution in [3.8, 4) is 5.75 Å². The van der Waals surface area contributed by atoms with Crippen molar-refractivity contribution in [2.45, 2.75) is 26.2 Å². The van der Waals surface area contributed by atoms with Gasteiger partial charge < -0.3 is 15.4 Å². The molecule has 0 aliphatic rings. The highest BCUT2D eigenvalue weighted by Gasteiger charge is 2.08. The van der Waals surface area contributed by atoms with E-state index in [9.17, 15) is 9.59 Å². The predicted octanol–water partition coefficient (Wildman–Crippen LogP) is 5.47. The molecular weight excluding hydrogens is 376 g/mol. The van der Waals surface area contributed by atoms with Crippen LogP contribution in [0.3, 0.4) is 0 Å². The standard InChI is InChI=1S/C25H26N2O3/c1-3-18(2)19-9-15-23(16-10-19)30-17-24(28)26-21-11-13-22(14-12-21)27-25(29)20-7-5-4-6-8-20/h4-16,18H,3,17H2,1-2H3,(H,26,28)(H,27,29)/t18-/m0/s1. The molecule has 0 bridgehead atoms. The van der Waals surface area contributed by atoms with Crippen LogP contribution < -0.4 is 15.4 Å². The van der Waals surface area contributed by atoms with E-state index in [2.05, 4.69) is 24.5 Å². The van der Waals surface area contributed by atoms with Gasteiger partial charge in [-0.3, -0.25) is 9.59 Å². The highest BCUT2D eigenvalue weighted by atomic mass is 16.5. The molecule has 5 heteroatoms. The highest BCUT2D eigenvalue weighted by Crippen LogP contribution is 2.21. The van der Waals surface area contributed by atoms with Crippen LogP contribution in [-0.4, -0.2) is 18.4 Å². The summed E-state index contributed by atoms with van der Waals surface area (Å²) in [6.45, 7) is 4.26. The number of rotatable bonds is 8. The van der Waals surface area contributed by atoms with Crippen molar-refractivity contribution < 1.29 is 14.3 Å². The Balaban J connectivity index is 1.48. The van der Waals surface area contributed by atoms with Crippen LogP contribution in [0.2, 0.25) is 0 Å². The summed E-state index contributed by atoms with van der Waals surface area (Å²) >= 11 is 0. The van der Waals surface area contributed by atoms with E-state index in [-0.39, 0.29) is 18.4 Å². The maximum atomic E-state index is 12.2. The molecule has 0 unspecified atom stereocenters. The number of hydrogen-bond donors (Lipinski definition) is 2. The number of hydrogen-bond acceptors (Lipinski definition) is 3. The monoisotopic (exact) mass is 402 g/mol. The normalized spacial score (nSPS) is 11.4. The van der Waals surface area contributed by atoms with Crippen molar-refractivity contribution in [1.82, 2.24) is 0 Å². The minimum absolute atomic E-state index is 0.0742. The Morgan fingerprint density at radius 3 is 2.03 bits per heavy atom. The van der Waals surface area contributed by atoms with Gasteiger partial charge in [-0.2, -0.15) is 0 Å². The molecule has 0 radical (unpaired) electrons. The molecule has 30 heavy (non-hydrogen) atoms. The summed E-state index contributed by atoms with van der Waals surface area (Å²) < 4.78 is 5.56. The molecule has 3 rings (SSSR count). The molecule has 0 aromatic heterocycles. The van der Waals surface area contributed by atoms with Crippen LogP contribution in [0, 0.1) is 0 Å². The summed E-state index contributed by atoms with van der Waals surface area (Å²) in [5, 5.41) is 5.61. The van der Waals surface area contributed by atoms with Crippen molar-refractivity contribution in [2.24, 2.45) is 0 Å². The molecule has 0 saturated heterocycles. The van der Waals surface area contributed by atoms with Gasteiger partial charge in [-0.25, -0.2) is 0 Å². The third-order valence-corrected chi connectivity index (χ3v) is 4.89. The number of nitrogens with one attached hydrogen (secondary N) is 2. The Hall–Kier alpha value is -3.60. The fraction of sp³-hybridized carbons (Fsp3) is 0.200. The van der Waals surface area contributed by atoms with E-state index in [1.807, 2.05) is 42.5 Å². The van der Waals surface area contributed by atoms with Crippen molar-refractivity contribution in [2.75, 3.05) is 17.2 Å². The van der Waals surface area contributed by atoms with E-state index in [1.165, 1.54) is 5.56 Å². The van der Waals surface area contributed by atoms with Crippen LogP contribution in [0.15, 0.2) is 78.9 Å². The third kappa shape index (κ3) is 5.95. The molecule has 5 nitrogen and oxygen atoms in total. The van der Waals surface area contributed by atoms with E-state index < -0.39 is 0 Å². The van der Waals surface area contributed by atoms with Gasteiger partial charge in [0.1, 0.15) is 5.75 Å². The second-order valence-corrected chi connectivity index (χ2v) is 7.11. The van der Waals surface area contributed by atoms with E-state index in [4.69, 9.17) is 4.74 Å². The zero-order valence-electron chi connectivity index (χ0n) is 17.2. The van der Waals surface area contributed by atoms with Gasteiger partial charge >= 0.3 is 0 Å². The Morgan fingerprint density at radius 1 is 0.833 bits per heavy atom. The maximum absolute atomic E-state index is 12.2. The number of ether oxygens (including phenoxy) is 1. The average molecular weight is 402 g/mol. The predicted molar refractivity (Wildman–Crippen MR) is 120 cm³/mol. The quantitative estimate of drug-likeness (QED) is 0.525. The second kappa shape index (κ2) is 10.3. The van der Waals surface area contributed by atoms with E-state index in [0.717, 1.165) is 6.42 Å². The summed E-state index contributed by atoms with van der Waals surface area (Å²) in [4.78, 5) is 24.3. The Kier molecular flexibility index (Phi) is 7.22. The van der Waals surface area contributed by atoms with Gasteiger partial charge in [0, 0.05) is 16.9 Å². The minimum atomic E-state index is -0.248. The van der Waals surface area contributed by atoms with Crippen LogP contribution in [0.1, 0.15) is 42.1 Å². The van der Waals surface area contributed by atoms with Gasteiger partial charge in [-0.1, -0.05) is 44.2 Å². The first-order valence-corrected chi connectivity index (χ1v) is 10.0. The molecule has 3 aromatic rings. The van der Waals surface area contributed by atoms with Gasteiger partial charge in [0.15, 0.2) is 6.61 Å². The average Bonchev–Trinajstić information content (AvgIpc) is 2.79. The van der Waals surface area contributed by atoms with Gasteiger partial charge in [-0.15, -0.1) is 0 Å². The lowest BCUT2D eigenvalue weighted by molar-refractivity contribution is -0.118. The molecule has 3 aromatic carbocycles. The summed E-state index contributed by atoms with van der Waals surface area (Å²) in [7, 11) is 0. The van der Waals surface area contributed by atoms with Gasteiger partial charge in [0.2, 0.25) is 0 Å². The summed E-state index contributed by atoms with van der Waals surface area (Å²) in [5.41, 5.74) is 3.13. The molecule has 0 heterocycles. The molecule has 2 amide bonds. The molecule has 0 fully saturated rings. The van der Waals surface area contributed by atoms with Crippen LogP contribution in [-0.2, 0) is 4.79 Å². The largest absolute Gasteiger partial charge is 0.484 e.